The summed E-state index contributed by atoms with van der Waals surface area (Å²) < 4.78 is 0. The number of rotatable bonds is 4. The lowest BCUT2D eigenvalue weighted by Crippen LogP contribution is -2.22. The van der Waals surface area contributed by atoms with E-state index in [0.717, 1.165) is 27.2 Å². The van der Waals surface area contributed by atoms with Gasteiger partial charge in [-0.2, -0.15) is 4.98 Å². The highest BCUT2D eigenvalue weighted by Gasteiger charge is 2.20. The zero-order chi connectivity index (χ0) is 16.6. The number of fused-ring (bicyclic) bond motifs is 1. The molecule has 120 valence electrons. The van der Waals surface area contributed by atoms with Crippen molar-refractivity contribution in [2.75, 3.05) is 25.1 Å². The van der Waals surface area contributed by atoms with E-state index in [1.807, 2.05) is 11.9 Å². The first kappa shape index (κ1) is 16.2. The predicted octanol–water partition coefficient (Wildman–Crippen LogP) is 4.06. The normalized spacial score (nSPS) is 11.2. The summed E-state index contributed by atoms with van der Waals surface area (Å²) in [4.78, 5) is 12.8. The Morgan fingerprint density at radius 2 is 1.87 bits per heavy atom. The lowest BCUT2D eigenvalue weighted by molar-refractivity contribution is 0.304. The number of likely N-dealkylation sites (N-methyl/N-ethyl adjacent to an activating group) is 1. The molecule has 2 aromatic heterocycles. The summed E-state index contributed by atoms with van der Waals surface area (Å²) in [6.45, 7) is 4.71. The van der Waals surface area contributed by atoms with Crippen LogP contribution in [0.5, 0.6) is 0 Å². The maximum absolute atomic E-state index is 9.25. The molecule has 0 saturated heterocycles. The largest absolute Gasteiger partial charge is 0.395 e. The summed E-state index contributed by atoms with van der Waals surface area (Å²) >= 11 is 7.71. The summed E-state index contributed by atoms with van der Waals surface area (Å²) in [7, 11) is 1.90. The molecule has 0 aliphatic rings. The zero-order valence-corrected chi connectivity index (χ0v) is 14.9. The minimum Gasteiger partial charge on any atom is -0.395 e. The number of nitrogens with zero attached hydrogens (tertiary/aromatic N) is 3. The summed E-state index contributed by atoms with van der Waals surface area (Å²) in [6.07, 6.45) is 0. The Labute approximate surface area is 144 Å². The molecule has 3 aromatic rings. The molecule has 0 aliphatic heterocycles. The SMILES string of the molecule is Cc1ccc(-c2c(C)sc3nc(Cl)nc(N(C)CCO)c23)cc1. The number of hydrogen-bond donors (Lipinski definition) is 1. The molecule has 0 fully saturated rings. The number of aliphatic hydroxyl groups excluding tert-OH is 1. The van der Waals surface area contributed by atoms with Crippen LogP contribution >= 0.6 is 22.9 Å². The third-order valence-corrected chi connectivity index (χ3v) is 4.99. The minimum absolute atomic E-state index is 0.0581. The van der Waals surface area contributed by atoms with Crippen molar-refractivity contribution in [1.29, 1.82) is 0 Å². The van der Waals surface area contributed by atoms with Crippen LogP contribution in [-0.2, 0) is 0 Å². The van der Waals surface area contributed by atoms with Gasteiger partial charge < -0.3 is 10.0 Å². The van der Waals surface area contributed by atoms with Crippen molar-refractivity contribution in [3.8, 4) is 11.1 Å². The number of halogens is 1. The Balaban J connectivity index is 2.29. The van der Waals surface area contributed by atoms with E-state index in [1.54, 1.807) is 11.3 Å². The molecule has 0 atom stereocenters. The van der Waals surface area contributed by atoms with E-state index in [-0.39, 0.29) is 11.9 Å². The van der Waals surface area contributed by atoms with E-state index in [0.29, 0.717) is 6.54 Å². The van der Waals surface area contributed by atoms with Gasteiger partial charge in [0.2, 0.25) is 5.28 Å². The Kier molecular flexibility index (Phi) is 4.53. The third-order valence-electron chi connectivity index (χ3n) is 3.82. The first-order valence-electron chi connectivity index (χ1n) is 7.37. The lowest BCUT2D eigenvalue weighted by Gasteiger charge is -2.18. The molecule has 6 heteroatoms. The van der Waals surface area contributed by atoms with E-state index in [1.165, 1.54) is 10.4 Å². The van der Waals surface area contributed by atoms with E-state index in [9.17, 15) is 5.11 Å². The summed E-state index contributed by atoms with van der Waals surface area (Å²) in [5, 5.41) is 10.5. The average molecular weight is 348 g/mol. The molecule has 0 aliphatic carbocycles. The van der Waals surface area contributed by atoms with E-state index < -0.39 is 0 Å². The number of benzene rings is 1. The molecule has 0 bridgehead atoms. The Morgan fingerprint density at radius 3 is 2.52 bits per heavy atom. The number of hydrogen-bond acceptors (Lipinski definition) is 5. The summed E-state index contributed by atoms with van der Waals surface area (Å²) in [5.74, 6) is 0.758. The van der Waals surface area contributed by atoms with Gasteiger partial charge in [-0.15, -0.1) is 11.3 Å². The highest BCUT2D eigenvalue weighted by Crippen LogP contribution is 2.42. The van der Waals surface area contributed by atoms with Gasteiger partial charge in [0.25, 0.3) is 0 Å². The van der Waals surface area contributed by atoms with Crippen LogP contribution in [0.2, 0.25) is 5.28 Å². The van der Waals surface area contributed by atoms with Gasteiger partial charge in [-0.1, -0.05) is 29.8 Å². The second kappa shape index (κ2) is 6.43. The molecule has 1 N–H and O–H groups in total. The van der Waals surface area contributed by atoms with Crippen molar-refractivity contribution in [3.63, 3.8) is 0 Å². The van der Waals surface area contributed by atoms with Gasteiger partial charge in [-0.05, 0) is 31.0 Å². The van der Waals surface area contributed by atoms with Crippen molar-refractivity contribution in [3.05, 3.63) is 40.0 Å². The van der Waals surface area contributed by atoms with Gasteiger partial charge in [0, 0.05) is 24.0 Å². The zero-order valence-electron chi connectivity index (χ0n) is 13.3. The fourth-order valence-corrected chi connectivity index (χ4v) is 3.92. The van der Waals surface area contributed by atoms with Crippen LogP contribution in [0.4, 0.5) is 5.82 Å². The number of aliphatic hydroxyl groups is 1. The topological polar surface area (TPSA) is 49.2 Å². The van der Waals surface area contributed by atoms with Gasteiger partial charge in [-0.25, -0.2) is 4.98 Å². The molecule has 0 radical (unpaired) electrons. The van der Waals surface area contributed by atoms with Crippen molar-refractivity contribution >= 4 is 39.0 Å². The van der Waals surface area contributed by atoms with Gasteiger partial charge in [0.05, 0.1) is 12.0 Å². The van der Waals surface area contributed by atoms with Crippen molar-refractivity contribution in [2.45, 2.75) is 13.8 Å². The van der Waals surface area contributed by atoms with Crippen LogP contribution < -0.4 is 4.90 Å². The highest BCUT2D eigenvalue weighted by atomic mass is 35.5. The fraction of sp³-hybridized carbons (Fsp3) is 0.294. The van der Waals surface area contributed by atoms with Crippen molar-refractivity contribution in [1.82, 2.24) is 9.97 Å². The molecule has 0 unspecified atom stereocenters. The monoisotopic (exact) mass is 347 g/mol. The van der Waals surface area contributed by atoms with Crippen LogP contribution in [-0.4, -0.2) is 35.3 Å². The van der Waals surface area contributed by atoms with E-state index in [2.05, 4.69) is 48.1 Å². The van der Waals surface area contributed by atoms with E-state index in [4.69, 9.17) is 11.6 Å². The quantitative estimate of drug-likeness (QED) is 0.723. The lowest BCUT2D eigenvalue weighted by atomic mass is 10.0. The van der Waals surface area contributed by atoms with Gasteiger partial charge in [-0.3, -0.25) is 0 Å². The molecular weight excluding hydrogens is 330 g/mol. The molecule has 4 nitrogen and oxygen atoms in total. The standard InChI is InChI=1S/C17H18ClN3OS/c1-10-4-6-12(7-5-10)13-11(2)23-16-14(13)15(19-17(18)20-16)21(3)8-9-22/h4-7,22H,8-9H2,1-3H3. The van der Waals surface area contributed by atoms with Crippen LogP contribution in [0.1, 0.15) is 10.4 Å². The van der Waals surface area contributed by atoms with Gasteiger partial charge in [0.15, 0.2) is 0 Å². The minimum atomic E-state index is 0.0581. The van der Waals surface area contributed by atoms with Crippen LogP contribution in [0, 0.1) is 13.8 Å². The van der Waals surface area contributed by atoms with Crippen molar-refractivity contribution in [2.24, 2.45) is 0 Å². The molecule has 2 heterocycles. The number of thiophene rings is 1. The van der Waals surface area contributed by atoms with E-state index >= 15 is 0 Å². The van der Waals surface area contributed by atoms with Crippen molar-refractivity contribution < 1.29 is 5.11 Å². The molecule has 3 rings (SSSR count). The number of anilines is 1. The molecule has 1 aromatic carbocycles. The maximum Gasteiger partial charge on any atom is 0.225 e. The third kappa shape index (κ3) is 3.04. The Bertz CT molecular complexity index is 845. The van der Waals surface area contributed by atoms with Crippen LogP contribution in [0.25, 0.3) is 21.3 Å². The molecule has 23 heavy (non-hydrogen) atoms. The summed E-state index contributed by atoms with van der Waals surface area (Å²) in [6, 6.07) is 8.45. The number of aryl methyl sites for hydroxylation is 2. The Morgan fingerprint density at radius 1 is 1.17 bits per heavy atom. The first-order chi connectivity index (χ1) is 11.0. The predicted molar refractivity (Wildman–Crippen MR) is 97.7 cm³/mol. The maximum atomic E-state index is 9.25. The van der Waals surface area contributed by atoms with Gasteiger partial charge >= 0.3 is 0 Å². The Hall–Kier alpha value is -1.69. The molecule has 0 saturated carbocycles. The first-order valence-corrected chi connectivity index (χ1v) is 8.56. The van der Waals surface area contributed by atoms with Crippen LogP contribution in [0.15, 0.2) is 24.3 Å². The average Bonchev–Trinajstić information content (AvgIpc) is 2.83. The van der Waals surface area contributed by atoms with Gasteiger partial charge in [0.1, 0.15) is 10.6 Å². The molecule has 0 spiro atoms. The fourth-order valence-electron chi connectivity index (χ4n) is 2.67. The second-order valence-corrected chi connectivity index (χ2v) is 7.08. The molecular formula is C17H18ClN3OS. The van der Waals surface area contributed by atoms with Crippen LogP contribution in [0.3, 0.4) is 0 Å². The second-order valence-electron chi connectivity index (χ2n) is 5.54. The highest BCUT2D eigenvalue weighted by molar-refractivity contribution is 7.19. The summed E-state index contributed by atoms with van der Waals surface area (Å²) in [5.41, 5.74) is 3.51. The molecule has 0 amide bonds. The smallest absolute Gasteiger partial charge is 0.225 e. The number of aromatic nitrogens is 2.